The molecule has 0 heterocycles. The Morgan fingerprint density at radius 2 is 1.47 bits per heavy atom. The Morgan fingerprint density at radius 3 is 2.17 bits per heavy atom. The van der Waals surface area contributed by atoms with Crippen LogP contribution in [0.5, 0.6) is 0 Å². The fourth-order valence-electron chi connectivity index (χ4n) is 4.30. The van der Waals surface area contributed by atoms with Crippen LogP contribution >= 0.6 is 0 Å². The molecule has 3 unspecified atom stereocenters. The lowest BCUT2D eigenvalue weighted by atomic mass is 9.75. The lowest BCUT2D eigenvalue weighted by molar-refractivity contribution is -0.261. The fraction of sp³-hybridized carbons (Fsp3) is 0.778. The number of rotatable bonds is 15. The second-order valence-corrected chi connectivity index (χ2v) is 9.74. The predicted octanol–water partition coefficient (Wildman–Crippen LogP) is 6.54. The first-order valence-electron chi connectivity index (χ1n) is 13.4. The van der Waals surface area contributed by atoms with Gasteiger partial charge < -0.3 is 4.74 Å². The first-order chi connectivity index (χ1) is 17.2. The van der Waals surface area contributed by atoms with Gasteiger partial charge in [0.2, 0.25) is 0 Å². The maximum absolute atomic E-state index is 12.6. The average Bonchev–Trinajstić information content (AvgIpc) is 2.83. The molecule has 0 aromatic rings. The van der Waals surface area contributed by atoms with Gasteiger partial charge in [0.15, 0.2) is 0 Å². The van der Waals surface area contributed by atoms with Gasteiger partial charge in [0, 0.05) is 6.92 Å². The number of hydrogen-bond donors (Lipinski definition) is 0. The highest BCUT2D eigenvalue weighted by Gasteiger charge is 2.34. The first kappa shape index (κ1) is 31.4. The molecule has 1 aliphatic rings. The van der Waals surface area contributed by atoms with Gasteiger partial charge in [0.1, 0.15) is 0 Å². The molecule has 206 valence electrons. The maximum Gasteiger partial charge on any atom is 0.550 e. The van der Waals surface area contributed by atoms with E-state index >= 15 is 0 Å². The number of hydrogen-bond acceptors (Lipinski definition) is 9. The summed E-state index contributed by atoms with van der Waals surface area (Å²) in [6, 6.07) is 0. The predicted molar refractivity (Wildman–Crippen MR) is 132 cm³/mol. The fourth-order valence-corrected chi connectivity index (χ4v) is 4.30. The van der Waals surface area contributed by atoms with E-state index in [0.717, 1.165) is 57.8 Å². The summed E-state index contributed by atoms with van der Waals surface area (Å²) in [5.74, 6) is -1.61. The van der Waals surface area contributed by atoms with Crippen molar-refractivity contribution in [2.75, 3.05) is 0 Å². The molecule has 9 nitrogen and oxygen atoms in total. The molecule has 0 aromatic heterocycles. The van der Waals surface area contributed by atoms with E-state index in [2.05, 4.69) is 33.7 Å². The summed E-state index contributed by atoms with van der Waals surface area (Å²) in [6.07, 6.45) is 14.8. The van der Waals surface area contributed by atoms with Gasteiger partial charge in [-0.25, -0.2) is 33.9 Å². The smallest absolute Gasteiger partial charge is 0.429 e. The third-order valence-electron chi connectivity index (χ3n) is 6.13. The molecule has 0 bridgehead atoms. The van der Waals surface area contributed by atoms with Crippen molar-refractivity contribution in [1.29, 1.82) is 0 Å². The van der Waals surface area contributed by atoms with Gasteiger partial charge in [-0.3, -0.25) is 0 Å². The number of carbonyl (C=O) groups is 4. The molecular weight excluding hydrogens is 468 g/mol. The summed E-state index contributed by atoms with van der Waals surface area (Å²) in [5, 5.41) is 0. The van der Waals surface area contributed by atoms with Gasteiger partial charge in [-0.2, -0.15) is 4.79 Å². The minimum atomic E-state index is -1.03. The van der Waals surface area contributed by atoms with E-state index in [1.165, 1.54) is 13.3 Å². The second-order valence-electron chi connectivity index (χ2n) is 9.74. The summed E-state index contributed by atoms with van der Waals surface area (Å²) in [4.78, 5) is 64.4. The van der Waals surface area contributed by atoms with Crippen molar-refractivity contribution in [1.82, 2.24) is 0 Å². The molecule has 0 saturated carbocycles. The van der Waals surface area contributed by atoms with Gasteiger partial charge >= 0.3 is 24.1 Å². The summed E-state index contributed by atoms with van der Waals surface area (Å²) in [6.45, 7) is 6.71. The van der Waals surface area contributed by atoms with E-state index in [1.54, 1.807) is 13.8 Å². The number of ether oxygens (including phenoxy) is 1. The highest BCUT2D eigenvalue weighted by molar-refractivity contribution is 5.74. The average molecular weight is 513 g/mol. The van der Waals surface area contributed by atoms with Crippen molar-refractivity contribution >= 4 is 24.1 Å². The normalized spacial score (nSPS) is 19.0. The number of unbranched alkanes of at least 4 members (excludes halogenated alkanes) is 7. The molecule has 0 radical (unpaired) electrons. The van der Waals surface area contributed by atoms with Gasteiger partial charge in [0.25, 0.3) is 0 Å². The Balaban J connectivity index is 2.30. The third-order valence-corrected chi connectivity index (χ3v) is 6.13. The maximum atomic E-state index is 12.6. The van der Waals surface area contributed by atoms with Crippen LogP contribution in [0, 0.1) is 17.8 Å². The van der Waals surface area contributed by atoms with Gasteiger partial charge in [-0.1, -0.05) is 70.4 Å². The van der Waals surface area contributed by atoms with Crippen LogP contribution in [0.25, 0.3) is 0 Å². The number of allylic oxidation sites excluding steroid dienone is 2. The highest BCUT2D eigenvalue weighted by atomic mass is 17.2. The molecule has 0 aromatic carbocycles. The van der Waals surface area contributed by atoms with Crippen LogP contribution in [0.2, 0.25) is 0 Å². The standard InChI is InChI=1S/C27H44O9/c1-5-6-7-12-15-23-18-17-22(19-24(23)26(30)35-33-21(4)28)14-11-9-8-10-13-16-25(29)34-36-27(31)32-20(2)3/h17-18,20,22-24H,5-16,19H2,1-4H3. The van der Waals surface area contributed by atoms with Crippen LogP contribution in [-0.4, -0.2) is 30.2 Å². The van der Waals surface area contributed by atoms with Crippen molar-refractivity contribution in [3.8, 4) is 0 Å². The minimum Gasteiger partial charge on any atom is -0.429 e. The first-order valence-corrected chi connectivity index (χ1v) is 13.4. The van der Waals surface area contributed by atoms with E-state index in [4.69, 9.17) is 9.62 Å². The summed E-state index contributed by atoms with van der Waals surface area (Å²) >= 11 is 0. The summed E-state index contributed by atoms with van der Waals surface area (Å²) in [5.41, 5.74) is 0. The second kappa shape index (κ2) is 18.7. The Labute approximate surface area is 215 Å². The zero-order valence-corrected chi connectivity index (χ0v) is 22.3. The Bertz CT molecular complexity index is 701. The molecule has 0 spiro atoms. The van der Waals surface area contributed by atoms with E-state index in [9.17, 15) is 19.2 Å². The molecule has 36 heavy (non-hydrogen) atoms. The van der Waals surface area contributed by atoms with Gasteiger partial charge in [-0.05, 0) is 51.4 Å². The quantitative estimate of drug-likeness (QED) is 0.0793. The van der Waals surface area contributed by atoms with Crippen LogP contribution in [0.15, 0.2) is 12.2 Å². The van der Waals surface area contributed by atoms with Crippen molar-refractivity contribution in [3.63, 3.8) is 0 Å². The Hall–Kier alpha value is -2.58. The Morgan fingerprint density at radius 1 is 0.806 bits per heavy atom. The number of carbonyl (C=O) groups excluding carboxylic acids is 4. The summed E-state index contributed by atoms with van der Waals surface area (Å²) < 4.78 is 4.71. The van der Waals surface area contributed by atoms with Crippen LogP contribution in [0.4, 0.5) is 4.79 Å². The van der Waals surface area contributed by atoms with Crippen molar-refractivity contribution < 1.29 is 43.5 Å². The van der Waals surface area contributed by atoms with Crippen molar-refractivity contribution in [2.24, 2.45) is 17.8 Å². The molecule has 0 saturated heterocycles. The summed E-state index contributed by atoms with van der Waals surface area (Å²) in [7, 11) is 0. The van der Waals surface area contributed by atoms with Crippen molar-refractivity contribution in [2.45, 2.75) is 117 Å². The van der Waals surface area contributed by atoms with E-state index in [0.29, 0.717) is 12.8 Å². The molecule has 0 amide bonds. The lowest BCUT2D eigenvalue weighted by Gasteiger charge is -2.30. The van der Waals surface area contributed by atoms with E-state index in [-0.39, 0.29) is 30.3 Å². The SMILES string of the molecule is CCCCCCC1C=CC(CCCCCCCC(=O)OOC(=O)OC(C)C)CC1C(=O)OOC(C)=O. The van der Waals surface area contributed by atoms with Crippen LogP contribution < -0.4 is 0 Å². The zero-order valence-electron chi connectivity index (χ0n) is 22.3. The van der Waals surface area contributed by atoms with Crippen LogP contribution in [0.3, 0.4) is 0 Å². The van der Waals surface area contributed by atoms with Crippen molar-refractivity contribution in [3.05, 3.63) is 12.2 Å². The minimum absolute atomic E-state index is 0.108. The third kappa shape index (κ3) is 14.7. The van der Waals surface area contributed by atoms with E-state index in [1.807, 2.05) is 0 Å². The van der Waals surface area contributed by atoms with E-state index < -0.39 is 24.1 Å². The van der Waals surface area contributed by atoms with Gasteiger partial charge in [-0.15, -0.1) is 0 Å². The monoisotopic (exact) mass is 512 g/mol. The molecule has 0 aliphatic heterocycles. The molecular formula is C27H44O9. The molecule has 3 atom stereocenters. The lowest BCUT2D eigenvalue weighted by Crippen LogP contribution is -2.30. The topological polar surface area (TPSA) is 114 Å². The molecule has 0 N–H and O–H groups in total. The molecule has 1 rings (SSSR count). The van der Waals surface area contributed by atoms with Crippen LogP contribution in [0.1, 0.15) is 111 Å². The largest absolute Gasteiger partial charge is 0.550 e. The zero-order chi connectivity index (χ0) is 26.8. The highest BCUT2D eigenvalue weighted by Crippen LogP contribution is 2.35. The molecule has 1 aliphatic carbocycles. The van der Waals surface area contributed by atoms with Crippen LogP contribution in [-0.2, 0) is 38.7 Å². The Kier molecular flexibility index (Phi) is 16.3. The molecule has 9 heteroatoms. The van der Waals surface area contributed by atoms with Gasteiger partial charge in [0.05, 0.1) is 18.4 Å². The molecule has 0 fully saturated rings.